The summed E-state index contributed by atoms with van der Waals surface area (Å²) in [5.41, 5.74) is 6.36. The highest BCUT2D eigenvalue weighted by Gasteiger charge is 2.07. The van der Waals surface area contributed by atoms with Crippen molar-refractivity contribution < 1.29 is 4.74 Å². The molecule has 2 aromatic carbocycles. The smallest absolute Gasteiger partial charge is 0.237 e. The van der Waals surface area contributed by atoms with Gasteiger partial charge >= 0.3 is 0 Å². The van der Waals surface area contributed by atoms with Crippen LogP contribution in [0.15, 0.2) is 54.7 Å². The average Bonchev–Trinajstić information content (AvgIpc) is 2.49. The first-order valence-electron chi connectivity index (χ1n) is 6.08. The van der Waals surface area contributed by atoms with Crippen molar-refractivity contribution >= 4 is 16.5 Å². The zero-order chi connectivity index (χ0) is 13.9. The number of ether oxygens (including phenoxy) is 1. The van der Waals surface area contributed by atoms with Gasteiger partial charge in [0.2, 0.25) is 5.88 Å². The third-order valence-corrected chi connectivity index (χ3v) is 2.93. The number of nitrogen functional groups attached to an aromatic ring is 1. The number of nitriles is 1. The minimum absolute atomic E-state index is 0.261. The van der Waals surface area contributed by atoms with Gasteiger partial charge in [-0.25, -0.2) is 4.98 Å². The number of pyridine rings is 1. The molecule has 96 valence electrons. The Balaban J connectivity index is 1.99. The van der Waals surface area contributed by atoms with E-state index in [1.165, 1.54) is 6.20 Å². The molecule has 0 amide bonds. The second-order valence-electron chi connectivity index (χ2n) is 4.34. The second kappa shape index (κ2) is 4.90. The van der Waals surface area contributed by atoms with Crippen LogP contribution in [0.2, 0.25) is 0 Å². The topological polar surface area (TPSA) is 71.9 Å². The van der Waals surface area contributed by atoms with Crippen molar-refractivity contribution in [2.45, 2.75) is 0 Å². The molecule has 0 radical (unpaired) electrons. The molecule has 0 aliphatic heterocycles. The van der Waals surface area contributed by atoms with E-state index in [0.29, 0.717) is 17.0 Å². The van der Waals surface area contributed by atoms with Gasteiger partial charge in [0, 0.05) is 0 Å². The summed E-state index contributed by atoms with van der Waals surface area (Å²) in [5, 5.41) is 11.3. The highest BCUT2D eigenvalue weighted by molar-refractivity contribution is 5.83. The van der Waals surface area contributed by atoms with Gasteiger partial charge < -0.3 is 10.5 Å². The summed E-state index contributed by atoms with van der Waals surface area (Å²) in [6.45, 7) is 0. The fraction of sp³-hybridized carbons (Fsp3) is 0. The third kappa shape index (κ3) is 2.25. The summed E-state index contributed by atoms with van der Waals surface area (Å²) in [5.74, 6) is 0.898. The SMILES string of the molecule is N#Cc1cc(N)cnc1Oc1ccc2ccccc2c1. The maximum Gasteiger partial charge on any atom is 0.237 e. The van der Waals surface area contributed by atoms with Crippen LogP contribution in [0.3, 0.4) is 0 Å². The van der Waals surface area contributed by atoms with Crippen LogP contribution in [0.25, 0.3) is 10.8 Å². The lowest BCUT2D eigenvalue weighted by Gasteiger charge is -2.07. The fourth-order valence-corrected chi connectivity index (χ4v) is 1.97. The van der Waals surface area contributed by atoms with E-state index in [1.807, 2.05) is 48.5 Å². The Morgan fingerprint density at radius 2 is 1.85 bits per heavy atom. The first kappa shape index (κ1) is 12.0. The number of hydrogen-bond acceptors (Lipinski definition) is 4. The highest BCUT2D eigenvalue weighted by Crippen LogP contribution is 2.27. The summed E-state index contributed by atoms with van der Waals surface area (Å²) in [4.78, 5) is 4.05. The molecule has 2 N–H and O–H groups in total. The third-order valence-electron chi connectivity index (χ3n) is 2.93. The number of nitrogens with zero attached hydrogens (tertiary/aromatic N) is 2. The first-order chi connectivity index (χ1) is 9.76. The Bertz CT molecular complexity index is 821. The summed E-state index contributed by atoms with van der Waals surface area (Å²) in [7, 11) is 0. The van der Waals surface area contributed by atoms with Crippen LogP contribution in [0.5, 0.6) is 11.6 Å². The molecule has 0 aliphatic carbocycles. The molecule has 20 heavy (non-hydrogen) atoms. The molecule has 0 saturated heterocycles. The van der Waals surface area contributed by atoms with Gasteiger partial charge in [0.1, 0.15) is 17.4 Å². The minimum Gasteiger partial charge on any atom is -0.438 e. The molecule has 0 unspecified atom stereocenters. The molecule has 1 aromatic heterocycles. The largest absolute Gasteiger partial charge is 0.438 e. The standard InChI is InChI=1S/C16H11N3O/c17-9-13-7-14(18)10-19-16(13)20-15-6-5-11-3-1-2-4-12(11)8-15/h1-8,10H,18H2. The first-order valence-corrected chi connectivity index (χ1v) is 6.08. The van der Waals surface area contributed by atoms with Crippen molar-refractivity contribution in [3.63, 3.8) is 0 Å². The van der Waals surface area contributed by atoms with Gasteiger partial charge in [-0.05, 0) is 29.0 Å². The van der Waals surface area contributed by atoms with E-state index in [4.69, 9.17) is 15.7 Å². The van der Waals surface area contributed by atoms with Crippen LogP contribution in [0, 0.1) is 11.3 Å². The van der Waals surface area contributed by atoms with E-state index in [1.54, 1.807) is 6.07 Å². The van der Waals surface area contributed by atoms with Crippen molar-refractivity contribution in [1.29, 1.82) is 5.26 Å². The maximum absolute atomic E-state index is 9.07. The van der Waals surface area contributed by atoms with Crippen LogP contribution in [-0.2, 0) is 0 Å². The Morgan fingerprint density at radius 1 is 1.05 bits per heavy atom. The summed E-state index contributed by atoms with van der Waals surface area (Å²) in [6, 6.07) is 17.3. The summed E-state index contributed by atoms with van der Waals surface area (Å²) in [6.07, 6.45) is 1.47. The molecular weight excluding hydrogens is 250 g/mol. The van der Waals surface area contributed by atoms with Crippen molar-refractivity contribution in [1.82, 2.24) is 4.98 Å². The molecule has 0 aliphatic rings. The van der Waals surface area contributed by atoms with Crippen LogP contribution < -0.4 is 10.5 Å². The number of rotatable bonds is 2. The second-order valence-corrected chi connectivity index (χ2v) is 4.34. The van der Waals surface area contributed by atoms with E-state index in [9.17, 15) is 0 Å². The molecule has 4 heteroatoms. The molecular formula is C16H11N3O. The summed E-state index contributed by atoms with van der Waals surface area (Å²) >= 11 is 0. The van der Waals surface area contributed by atoms with Gasteiger partial charge in [-0.1, -0.05) is 30.3 Å². The Labute approximate surface area is 116 Å². The predicted molar refractivity (Wildman–Crippen MR) is 77.4 cm³/mol. The van der Waals surface area contributed by atoms with E-state index in [2.05, 4.69) is 4.98 Å². The number of anilines is 1. The van der Waals surface area contributed by atoms with E-state index < -0.39 is 0 Å². The van der Waals surface area contributed by atoms with Crippen LogP contribution in [0.4, 0.5) is 5.69 Å². The molecule has 0 saturated carbocycles. The monoisotopic (exact) mass is 261 g/mol. The van der Waals surface area contributed by atoms with Gasteiger partial charge in [0.25, 0.3) is 0 Å². The van der Waals surface area contributed by atoms with Crippen LogP contribution >= 0.6 is 0 Å². The van der Waals surface area contributed by atoms with Crippen molar-refractivity contribution in [2.24, 2.45) is 0 Å². The molecule has 3 aromatic rings. The van der Waals surface area contributed by atoms with E-state index in [0.717, 1.165) is 10.8 Å². The Hall–Kier alpha value is -3.06. The van der Waals surface area contributed by atoms with Gasteiger partial charge in [-0.15, -0.1) is 0 Å². The number of aromatic nitrogens is 1. The van der Waals surface area contributed by atoms with E-state index >= 15 is 0 Å². The molecule has 0 fully saturated rings. The molecule has 0 atom stereocenters. The molecule has 0 bridgehead atoms. The molecule has 1 heterocycles. The minimum atomic E-state index is 0.261. The van der Waals surface area contributed by atoms with E-state index in [-0.39, 0.29) is 5.88 Å². The molecule has 4 nitrogen and oxygen atoms in total. The predicted octanol–water partition coefficient (Wildman–Crippen LogP) is 3.48. The number of fused-ring (bicyclic) bond motifs is 1. The zero-order valence-corrected chi connectivity index (χ0v) is 10.6. The summed E-state index contributed by atoms with van der Waals surface area (Å²) < 4.78 is 5.67. The zero-order valence-electron chi connectivity index (χ0n) is 10.6. The molecule has 3 rings (SSSR count). The van der Waals surface area contributed by atoms with Gasteiger partial charge in [-0.2, -0.15) is 5.26 Å². The van der Waals surface area contributed by atoms with Crippen LogP contribution in [-0.4, -0.2) is 4.98 Å². The quantitative estimate of drug-likeness (QED) is 0.766. The van der Waals surface area contributed by atoms with Crippen molar-refractivity contribution in [2.75, 3.05) is 5.73 Å². The maximum atomic E-state index is 9.07. The van der Waals surface area contributed by atoms with Crippen molar-refractivity contribution in [3.8, 4) is 17.7 Å². The van der Waals surface area contributed by atoms with Gasteiger partial charge in [-0.3, -0.25) is 0 Å². The van der Waals surface area contributed by atoms with Crippen LogP contribution in [0.1, 0.15) is 5.56 Å². The number of nitrogens with two attached hydrogens (primary N) is 1. The highest BCUT2D eigenvalue weighted by atomic mass is 16.5. The van der Waals surface area contributed by atoms with Gasteiger partial charge in [0.05, 0.1) is 11.9 Å². The molecule has 0 spiro atoms. The lowest BCUT2D eigenvalue weighted by atomic mass is 10.1. The normalized spacial score (nSPS) is 10.2. The fourth-order valence-electron chi connectivity index (χ4n) is 1.97. The van der Waals surface area contributed by atoms with Crippen molar-refractivity contribution in [3.05, 3.63) is 60.3 Å². The lowest BCUT2D eigenvalue weighted by Crippen LogP contribution is -1.94. The van der Waals surface area contributed by atoms with Gasteiger partial charge in [0.15, 0.2) is 0 Å². The number of benzene rings is 2. The average molecular weight is 261 g/mol. The number of hydrogen-bond donors (Lipinski definition) is 1. The lowest BCUT2D eigenvalue weighted by molar-refractivity contribution is 0.462. The Kier molecular flexibility index (Phi) is 2.94. The Morgan fingerprint density at radius 3 is 2.65 bits per heavy atom.